The van der Waals surface area contributed by atoms with E-state index in [9.17, 15) is 4.79 Å². The molecular formula is C13H22N2O. The molecule has 2 bridgehead atoms. The van der Waals surface area contributed by atoms with Crippen molar-refractivity contribution < 1.29 is 4.79 Å². The molecular weight excluding hydrogens is 200 g/mol. The molecule has 16 heavy (non-hydrogen) atoms. The number of rotatable bonds is 4. The Balaban J connectivity index is 1.51. The summed E-state index contributed by atoms with van der Waals surface area (Å²) in [7, 11) is 1.93. The lowest BCUT2D eigenvalue weighted by molar-refractivity contribution is -0.123. The van der Waals surface area contributed by atoms with Crippen molar-refractivity contribution in [2.24, 2.45) is 29.6 Å². The van der Waals surface area contributed by atoms with Gasteiger partial charge in [-0.2, -0.15) is 0 Å². The summed E-state index contributed by atoms with van der Waals surface area (Å²) in [6, 6.07) is 0.374. The maximum absolute atomic E-state index is 12.0. The van der Waals surface area contributed by atoms with E-state index in [0.29, 0.717) is 17.9 Å². The van der Waals surface area contributed by atoms with Crippen LogP contribution in [0.2, 0.25) is 0 Å². The largest absolute Gasteiger partial charge is 0.354 e. The van der Waals surface area contributed by atoms with Crippen molar-refractivity contribution in [3.05, 3.63) is 0 Å². The summed E-state index contributed by atoms with van der Waals surface area (Å²) >= 11 is 0. The van der Waals surface area contributed by atoms with E-state index in [2.05, 4.69) is 17.6 Å². The van der Waals surface area contributed by atoms with Crippen molar-refractivity contribution in [3.8, 4) is 0 Å². The standard InChI is InChI=1S/C13H22N2O/c1-7(14-2)6-15-13(16)12-10-8-3-4-9(5-8)11(10)12/h7-12,14H,3-6H2,1-2H3,(H,15,16). The number of hydrogen-bond acceptors (Lipinski definition) is 2. The first-order valence-electron chi connectivity index (χ1n) is 6.67. The first-order chi connectivity index (χ1) is 7.72. The smallest absolute Gasteiger partial charge is 0.223 e. The fourth-order valence-electron chi connectivity index (χ4n) is 4.15. The molecule has 3 aliphatic carbocycles. The highest BCUT2D eigenvalue weighted by molar-refractivity contribution is 5.82. The molecule has 90 valence electrons. The van der Waals surface area contributed by atoms with Gasteiger partial charge in [-0.1, -0.05) is 0 Å². The van der Waals surface area contributed by atoms with Crippen LogP contribution in [0.4, 0.5) is 0 Å². The third-order valence-corrected chi connectivity index (χ3v) is 5.11. The summed E-state index contributed by atoms with van der Waals surface area (Å²) in [5, 5.41) is 6.24. The Morgan fingerprint density at radius 1 is 1.31 bits per heavy atom. The Morgan fingerprint density at radius 2 is 1.94 bits per heavy atom. The number of amides is 1. The van der Waals surface area contributed by atoms with Crippen molar-refractivity contribution in [1.29, 1.82) is 0 Å². The van der Waals surface area contributed by atoms with Crippen LogP contribution < -0.4 is 10.6 Å². The van der Waals surface area contributed by atoms with Crippen LogP contribution in [0.3, 0.4) is 0 Å². The molecule has 0 aromatic rings. The van der Waals surface area contributed by atoms with Crippen molar-refractivity contribution in [2.75, 3.05) is 13.6 Å². The van der Waals surface area contributed by atoms with E-state index in [4.69, 9.17) is 0 Å². The van der Waals surface area contributed by atoms with Gasteiger partial charge in [0.25, 0.3) is 0 Å². The Labute approximate surface area is 97.4 Å². The van der Waals surface area contributed by atoms with Crippen LogP contribution in [0.15, 0.2) is 0 Å². The van der Waals surface area contributed by atoms with E-state index in [1.165, 1.54) is 19.3 Å². The van der Waals surface area contributed by atoms with E-state index in [1.54, 1.807) is 0 Å². The van der Waals surface area contributed by atoms with Crippen LogP contribution in [0.5, 0.6) is 0 Å². The lowest BCUT2D eigenvalue weighted by Crippen LogP contribution is -2.38. The molecule has 3 fully saturated rings. The number of nitrogens with one attached hydrogen (secondary N) is 2. The Hall–Kier alpha value is -0.570. The van der Waals surface area contributed by atoms with Gasteiger partial charge in [0.1, 0.15) is 0 Å². The summed E-state index contributed by atoms with van der Waals surface area (Å²) in [6.45, 7) is 2.86. The van der Waals surface area contributed by atoms with E-state index in [1.807, 2.05) is 7.05 Å². The summed E-state index contributed by atoms with van der Waals surface area (Å²) in [4.78, 5) is 12.0. The molecule has 0 saturated heterocycles. The quantitative estimate of drug-likeness (QED) is 0.745. The van der Waals surface area contributed by atoms with Crippen LogP contribution in [-0.2, 0) is 4.79 Å². The minimum atomic E-state index is 0.327. The molecule has 3 rings (SSSR count). The average molecular weight is 222 g/mol. The zero-order valence-corrected chi connectivity index (χ0v) is 10.2. The van der Waals surface area contributed by atoms with E-state index in [0.717, 1.165) is 30.2 Å². The number of carbonyl (C=O) groups excluding carboxylic acids is 1. The van der Waals surface area contributed by atoms with Gasteiger partial charge in [-0.25, -0.2) is 0 Å². The van der Waals surface area contributed by atoms with E-state index >= 15 is 0 Å². The van der Waals surface area contributed by atoms with Crippen LogP contribution in [0.1, 0.15) is 26.2 Å². The van der Waals surface area contributed by atoms with Gasteiger partial charge in [-0.05, 0) is 56.9 Å². The molecule has 0 heterocycles. The molecule has 0 spiro atoms. The van der Waals surface area contributed by atoms with Crippen molar-refractivity contribution >= 4 is 5.91 Å². The minimum absolute atomic E-state index is 0.327. The van der Waals surface area contributed by atoms with Crippen molar-refractivity contribution in [3.63, 3.8) is 0 Å². The third kappa shape index (κ3) is 1.48. The van der Waals surface area contributed by atoms with Gasteiger partial charge in [-0.15, -0.1) is 0 Å². The topological polar surface area (TPSA) is 41.1 Å². The maximum Gasteiger partial charge on any atom is 0.223 e. The highest BCUT2D eigenvalue weighted by Gasteiger charge is 2.67. The highest BCUT2D eigenvalue weighted by Crippen LogP contribution is 2.69. The zero-order valence-electron chi connectivity index (χ0n) is 10.2. The Kier molecular flexibility index (Phi) is 2.46. The first-order valence-corrected chi connectivity index (χ1v) is 6.67. The highest BCUT2D eigenvalue weighted by atomic mass is 16.2. The van der Waals surface area contributed by atoms with Gasteiger partial charge in [0.05, 0.1) is 0 Å². The van der Waals surface area contributed by atoms with E-state index < -0.39 is 0 Å². The SMILES string of the molecule is CNC(C)CNC(=O)C1C2C3CCC(C3)C12. The second-order valence-electron chi connectivity index (χ2n) is 5.95. The number of likely N-dealkylation sites (N-methyl/N-ethyl adjacent to an activating group) is 1. The van der Waals surface area contributed by atoms with Gasteiger partial charge in [0.15, 0.2) is 0 Å². The van der Waals surface area contributed by atoms with E-state index in [-0.39, 0.29) is 0 Å². The third-order valence-electron chi connectivity index (χ3n) is 5.11. The van der Waals surface area contributed by atoms with Crippen LogP contribution in [0, 0.1) is 29.6 Å². The Bertz CT molecular complexity index is 288. The van der Waals surface area contributed by atoms with Gasteiger partial charge in [-0.3, -0.25) is 4.79 Å². The van der Waals surface area contributed by atoms with Gasteiger partial charge >= 0.3 is 0 Å². The molecule has 3 aliphatic rings. The number of carbonyl (C=O) groups is 1. The fourth-order valence-corrected chi connectivity index (χ4v) is 4.15. The maximum atomic E-state index is 12.0. The summed E-state index contributed by atoms with van der Waals surface area (Å²) in [5.74, 6) is 4.04. The predicted octanol–water partition coefficient (Wildman–Crippen LogP) is 1.00. The Morgan fingerprint density at radius 3 is 2.50 bits per heavy atom. The second kappa shape index (κ2) is 3.73. The molecule has 0 radical (unpaired) electrons. The zero-order chi connectivity index (χ0) is 11.3. The second-order valence-corrected chi connectivity index (χ2v) is 5.95. The van der Waals surface area contributed by atoms with Crippen LogP contribution in [-0.4, -0.2) is 25.5 Å². The molecule has 0 aromatic carbocycles. The van der Waals surface area contributed by atoms with Crippen LogP contribution >= 0.6 is 0 Å². The first kappa shape index (κ1) is 10.6. The predicted molar refractivity (Wildman–Crippen MR) is 62.8 cm³/mol. The molecule has 2 N–H and O–H groups in total. The normalized spacial score (nSPS) is 45.2. The van der Waals surface area contributed by atoms with Gasteiger partial charge in [0, 0.05) is 18.5 Å². The monoisotopic (exact) mass is 222 g/mol. The minimum Gasteiger partial charge on any atom is -0.354 e. The molecule has 1 amide bonds. The molecule has 0 aliphatic heterocycles. The van der Waals surface area contributed by atoms with Gasteiger partial charge in [0.2, 0.25) is 5.91 Å². The molecule has 3 nitrogen and oxygen atoms in total. The lowest BCUT2D eigenvalue weighted by Gasteiger charge is -2.13. The number of hydrogen-bond donors (Lipinski definition) is 2. The summed E-state index contributed by atoms with van der Waals surface area (Å²) in [6.07, 6.45) is 4.21. The summed E-state index contributed by atoms with van der Waals surface area (Å²) in [5.41, 5.74) is 0. The number of fused-ring (bicyclic) bond motifs is 5. The average Bonchev–Trinajstić information content (AvgIpc) is 2.74. The van der Waals surface area contributed by atoms with Crippen LogP contribution in [0.25, 0.3) is 0 Å². The van der Waals surface area contributed by atoms with Crippen molar-refractivity contribution in [2.45, 2.75) is 32.2 Å². The summed E-state index contributed by atoms with van der Waals surface area (Å²) < 4.78 is 0. The van der Waals surface area contributed by atoms with Gasteiger partial charge < -0.3 is 10.6 Å². The molecule has 5 unspecified atom stereocenters. The lowest BCUT2D eigenvalue weighted by atomic mass is 10.0. The molecule has 5 atom stereocenters. The molecule has 0 aromatic heterocycles. The fraction of sp³-hybridized carbons (Fsp3) is 0.923. The molecule has 3 saturated carbocycles. The molecule has 3 heteroatoms. The van der Waals surface area contributed by atoms with Crippen molar-refractivity contribution in [1.82, 2.24) is 10.6 Å².